The predicted molar refractivity (Wildman–Crippen MR) is 105 cm³/mol. The maximum atomic E-state index is 12.6. The van der Waals surface area contributed by atoms with Crippen LogP contribution in [0.25, 0.3) is 0 Å². The van der Waals surface area contributed by atoms with E-state index in [1.807, 2.05) is 25.7 Å². The van der Waals surface area contributed by atoms with E-state index in [4.69, 9.17) is 4.74 Å². The van der Waals surface area contributed by atoms with Crippen LogP contribution in [-0.2, 0) is 4.79 Å². The first-order chi connectivity index (χ1) is 13.3. The molecule has 1 amide bonds. The standard InChI is InChI=1S/C21H27N3O4/c1-13-9-14(2)20(15(3)10-13)28-12-19(25)23-7-5-17(6-8-23)24-16(4)18(11-22-24)21(26)27/h9-11,17H,5-8,12H2,1-4H3,(H,26,27). The molecule has 0 aliphatic carbocycles. The van der Waals surface area contributed by atoms with E-state index >= 15 is 0 Å². The van der Waals surface area contributed by atoms with Gasteiger partial charge in [-0.25, -0.2) is 4.79 Å². The number of benzene rings is 1. The second-order valence-corrected chi connectivity index (χ2v) is 7.52. The van der Waals surface area contributed by atoms with Crippen molar-refractivity contribution in [2.45, 2.75) is 46.6 Å². The quantitative estimate of drug-likeness (QED) is 0.855. The Bertz CT molecular complexity index is 872. The van der Waals surface area contributed by atoms with Gasteiger partial charge in [-0.1, -0.05) is 17.7 Å². The number of nitrogens with zero attached hydrogens (tertiary/aromatic N) is 3. The van der Waals surface area contributed by atoms with Crippen LogP contribution in [0.15, 0.2) is 18.3 Å². The van der Waals surface area contributed by atoms with Crippen LogP contribution in [0.5, 0.6) is 5.75 Å². The lowest BCUT2D eigenvalue weighted by atomic mass is 10.0. The average molecular weight is 385 g/mol. The Labute approximate surface area is 164 Å². The van der Waals surface area contributed by atoms with Gasteiger partial charge in [0.15, 0.2) is 6.61 Å². The van der Waals surface area contributed by atoms with Gasteiger partial charge in [0.2, 0.25) is 0 Å². The van der Waals surface area contributed by atoms with Crippen molar-refractivity contribution in [3.63, 3.8) is 0 Å². The highest BCUT2D eigenvalue weighted by Crippen LogP contribution is 2.26. The third-order valence-corrected chi connectivity index (χ3v) is 5.38. The van der Waals surface area contributed by atoms with Gasteiger partial charge in [0.1, 0.15) is 11.3 Å². The number of carbonyl (C=O) groups excluding carboxylic acids is 1. The van der Waals surface area contributed by atoms with E-state index < -0.39 is 5.97 Å². The fraction of sp³-hybridized carbons (Fsp3) is 0.476. The summed E-state index contributed by atoms with van der Waals surface area (Å²) in [5.41, 5.74) is 4.14. The summed E-state index contributed by atoms with van der Waals surface area (Å²) in [6.07, 6.45) is 2.89. The number of carboxylic acids is 1. The van der Waals surface area contributed by atoms with E-state index in [0.29, 0.717) is 18.8 Å². The molecule has 1 fully saturated rings. The molecule has 1 aliphatic heterocycles. The van der Waals surface area contributed by atoms with Gasteiger partial charge < -0.3 is 14.7 Å². The molecule has 0 spiro atoms. The Kier molecular flexibility index (Phi) is 5.72. The largest absolute Gasteiger partial charge is 0.483 e. The summed E-state index contributed by atoms with van der Waals surface area (Å²) in [6, 6.07) is 4.21. The van der Waals surface area contributed by atoms with E-state index in [-0.39, 0.29) is 24.1 Å². The molecule has 28 heavy (non-hydrogen) atoms. The minimum atomic E-state index is -0.963. The summed E-state index contributed by atoms with van der Waals surface area (Å²) in [6.45, 7) is 9.04. The molecule has 1 N–H and O–H groups in total. The van der Waals surface area contributed by atoms with Crippen molar-refractivity contribution in [2.75, 3.05) is 19.7 Å². The molecule has 150 valence electrons. The van der Waals surface area contributed by atoms with Gasteiger partial charge in [0.25, 0.3) is 5.91 Å². The molecule has 7 heteroatoms. The molecule has 0 radical (unpaired) electrons. The van der Waals surface area contributed by atoms with Gasteiger partial charge in [-0.2, -0.15) is 5.10 Å². The number of rotatable bonds is 5. The van der Waals surface area contributed by atoms with E-state index in [9.17, 15) is 14.7 Å². The first-order valence-corrected chi connectivity index (χ1v) is 9.53. The lowest BCUT2D eigenvalue weighted by Crippen LogP contribution is -2.41. The number of hydrogen-bond acceptors (Lipinski definition) is 4. The van der Waals surface area contributed by atoms with Crippen molar-refractivity contribution >= 4 is 11.9 Å². The molecule has 0 atom stereocenters. The van der Waals surface area contributed by atoms with Gasteiger partial charge in [0, 0.05) is 13.1 Å². The maximum Gasteiger partial charge on any atom is 0.339 e. The van der Waals surface area contributed by atoms with E-state index in [1.54, 1.807) is 11.6 Å². The number of carbonyl (C=O) groups is 2. The van der Waals surface area contributed by atoms with E-state index in [0.717, 1.165) is 29.7 Å². The molecule has 1 aromatic heterocycles. The second kappa shape index (κ2) is 8.04. The predicted octanol–water partition coefficient (Wildman–Crippen LogP) is 3.06. The van der Waals surface area contributed by atoms with Crippen LogP contribution in [-0.4, -0.2) is 51.4 Å². The van der Waals surface area contributed by atoms with Gasteiger partial charge in [-0.15, -0.1) is 0 Å². The lowest BCUT2D eigenvalue weighted by Gasteiger charge is -2.32. The van der Waals surface area contributed by atoms with Gasteiger partial charge in [-0.05, 0) is 51.7 Å². The summed E-state index contributed by atoms with van der Waals surface area (Å²) >= 11 is 0. The highest BCUT2D eigenvalue weighted by atomic mass is 16.5. The van der Waals surface area contributed by atoms with Crippen molar-refractivity contribution in [1.29, 1.82) is 0 Å². The Hall–Kier alpha value is -2.83. The molecule has 3 rings (SSSR count). The Morgan fingerprint density at radius 2 is 1.75 bits per heavy atom. The molecule has 2 aromatic rings. The summed E-state index contributed by atoms with van der Waals surface area (Å²) in [5.74, 6) is -0.210. The third-order valence-electron chi connectivity index (χ3n) is 5.38. The number of likely N-dealkylation sites (tertiary alicyclic amines) is 1. The Morgan fingerprint density at radius 1 is 1.14 bits per heavy atom. The normalized spacial score (nSPS) is 14.9. The van der Waals surface area contributed by atoms with Crippen LogP contribution in [0, 0.1) is 27.7 Å². The molecule has 7 nitrogen and oxygen atoms in total. The molecular formula is C21H27N3O4. The number of carboxylic acid groups (broad SMARTS) is 1. The summed E-state index contributed by atoms with van der Waals surface area (Å²) in [5, 5.41) is 13.4. The highest BCUT2D eigenvalue weighted by molar-refractivity contribution is 5.88. The average Bonchev–Trinajstić information content (AvgIpc) is 3.02. The number of ether oxygens (including phenoxy) is 1. The highest BCUT2D eigenvalue weighted by Gasteiger charge is 2.27. The Morgan fingerprint density at radius 3 is 2.29 bits per heavy atom. The number of aromatic carboxylic acids is 1. The van der Waals surface area contributed by atoms with Gasteiger partial charge >= 0.3 is 5.97 Å². The number of aromatic nitrogens is 2. The van der Waals surface area contributed by atoms with Crippen LogP contribution < -0.4 is 4.74 Å². The van der Waals surface area contributed by atoms with Crippen molar-refractivity contribution in [2.24, 2.45) is 0 Å². The minimum absolute atomic E-state index is 0.0266. The van der Waals surface area contributed by atoms with Crippen molar-refractivity contribution < 1.29 is 19.4 Å². The zero-order valence-electron chi connectivity index (χ0n) is 16.9. The minimum Gasteiger partial charge on any atom is -0.483 e. The number of aryl methyl sites for hydroxylation is 3. The fourth-order valence-corrected chi connectivity index (χ4v) is 3.98. The topological polar surface area (TPSA) is 84.7 Å². The monoisotopic (exact) mass is 385 g/mol. The van der Waals surface area contributed by atoms with Crippen LogP contribution >= 0.6 is 0 Å². The third kappa shape index (κ3) is 4.03. The second-order valence-electron chi connectivity index (χ2n) is 7.52. The summed E-state index contributed by atoms with van der Waals surface area (Å²) < 4.78 is 7.60. The molecule has 2 heterocycles. The summed E-state index contributed by atoms with van der Waals surface area (Å²) in [7, 11) is 0. The van der Waals surface area contributed by atoms with Crippen LogP contribution in [0.4, 0.5) is 0 Å². The van der Waals surface area contributed by atoms with Crippen molar-refractivity contribution in [3.05, 3.63) is 46.3 Å². The van der Waals surface area contributed by atoms with Crippen molar-refractivity contribution in [1.82, 2.24) is 14.7 Å². The molecule has 0 saturated carbocycles. The molecule has 1 aliphatic rings. The van der Waals surface area contributed by atoms with Crippen LogP contribution in [0.1, 0.15) is 51.6 Å². The lowest BCUT2D eigenvalue weighted by molar-refractivity contribution is -0.134. The zero-order chi connectivity index (χ0) is 20.4. The molecule has 1 aromatic carbocycles. The van der Waals surface area contributed by atoms with Gasteiger partial charge in [-0.3, -0.25) is 9.48 Å². The molecule has 0 bridgehead atoms. The molecule has 1 saturated heterocycles. The zero-order valence-corrected chi connectivity index (χ0v) is 16.9. The number of piperidine rings is 1. The number of amides is 1. The van der Waals surface area contributed by atoms with Crippen LogP contribution in [0.3, 0.4) is 0 Å². The fourth-order valence-electron chi connectivity index (χ4n) is 3.98. The van der Waals surface area contributed by atoms with E-state index in [1.165, 1.54) is 11.8 Å². The summed E-state index contributed by atoms with van der Waals surface area (Å²) in [4.78, 5) is 25.6. The van der Waals surface area contributed by atoms with Crippen LogP contribution in [0.2, 0.25) is 0 Å². The molecule has 0 unspecified atom stereocenters. The van der Waals surface area contributed by atoms with Crippen molar-refractivity contribution in [3.8, 4) is 5.75 Å². The Balaban J connectivity index is 1.56. The molecular weight excluding hydrogens is 358 g/mol. The van der Waals surface area contributed by atoms with E-state index in [2.05, 4.69) is 17.2 Å². The smallest absolute Gasteiger partial charge is 0.339 e. The SMILES string of the molecule is Cc1cc(C)c(OCC(=O)N2CCC(n3ncc(C(=O)O)c3C)CC2)c(C)c1. The maximum absolute atomic E-state index is 12.6. The van der Waals surface area contributed by atoms with Gasteiger partial charge in [0.05, 0.1) is 17.9 Å². The first kappa shape index (κ1) is 19.9. The number of hydrogen-bond donors (Lipinski definition) is 1. The first-order valence-electron chi connectivity index (χ1n) is 9.53.